The van der Waals surface area contributed by atoms with E-state index < -0.39 is 6.09 Å². The predicted molar refractivity (Wildman–Crippen MR) is 126 cm³/mol. The molecule has 0 unspecified atom stereocenters. The Labute approximate surface area is 198 Å². The first-order valence-electron chi connectivity index (χ1n) is 11.0. The normalized spacial score (nSPS) is 14.1. The van der Waals surface area contributed by atoms with Crippen LogP contribution < -0.4 is 4.84 Å². The van der Waals surface area contributed by atoms with Crippen molar-refractivity contribution in [2.24, 2.45) is 0 Å². The van der Waals surface area contributed by atoms with Crippen LogP contribution in [-0.4, -0.2) is 81.9 Å². The lowest BCUT2D eigenvalue weighted by molar-refractivity contribution is 0.0555. The maximum absolute atomic E-state index is 12.9. The van der Waals surface area contributed by atoms with Crippen LogP contribution in [0, 0.1) is 0 Å². The van der Waals surface area contributed by atoms with Gasteiger partial charge in [0.2, 0.25) is 11.8 Å². The fourth-order valence-electron chi connectivity index (χ4n) is 3.93. The van der Waals surface area contributed by atoms with Crippen LogP contribution >= 0.6 is 0 Å². The molecule has 1 saturated heterocycles. The molecule has 0 bridgehead atoms. The quantitative estimate of drug-likeness (QED) is 0.603. The van der Waals surface area contributed by atoms with E-state index in [0.29, 0.717) is 43.0 Å². The summed E-state index contributed by atoms with van der Waals surface area (Å²) in [6.07, 6.45) is -0.655. The number of nitrogens with zero attached hydrogens (tertiary/aromatic N) is 4. The Kier molecular flexibility index (Phi) is 6.74. The summed E-state index contributed by atoms with van der Waals surface area (Å²) >= 11 is 0. The Hall–Kier alpha value is -3.98. The molecular weight excluding hydrogens is 436 g/mol. The van der Waals surface area contributed by atoms with Crippen LogP contribution in [-0.2, 0) is 6.54 Å². The molecule has 0 spiro atoms. The van der Waals surface area contributed by atoms with Crippen molar-refractivity contribution in [3.05, 3.63) is 71.8 Å². The number of carbonyl (C=O) groups is 2. The first kappa shape index (κ1) is 23.2. The Morgan fingerprint density at radius 3 is 2.15 bits per heavy atom. The number of hydrogen-bond donors (Lipinski definition) is 2. The van der Waals surface area contributed by atoms with E-state index in [1.54, 1.807) is 19.0 Å². The standard InChI is InChI=1S/C25H28N4O5/c1-26(2)24(32)21-16-19(18-6-4-3-5-7-18)8-9-20(21)17-27-12-14-28(15-13-27)25(33)34-29-22(30)10-11-23(29)31/h3-11,16,30-31H,12-15,17H2,1-2H3. The van der Waals surface area contributed by atoms with Crippen LogP contribution in [0.25, 0.3) is 11.1 Å². The van der Waals surface area contributed by atoms with Gasteiger partial charge in [-0.2, -0.15) is 0 Å². The van der Waals surface area contributed by atoms with E-state index in [4.69, 9.17) is 4.84 Å². The van der Waals surface area contributed by atoms with Crippen molar-refractivity contribution in [2.75, 3.05) is 40.3 Å². The van der Waals surface area contributed by atoms with Gasteiger partial charge >= 0.3 is 6.09 Å². The van der Waals surface area contributed by atoms with Gasteiger partial charge in [0.15, 0.2) is 0 Å². The van der Waals surface area contributed by atoms with Crippen LogP contribution in [0.4, 0.5) is 4.79 Å². The Balaban J connectivity index is 1.44. The molecule has 0 aliphatic carbocycles. The lowest BCUT2D eigenvalue weighted by atomic mass is 9.98. The second-order valence-electron chi connectivity index (χ2n) is 8.40. The molecule has 0 saturated carbocycles. The van der Waals surface area contributed by atoms with E-state index in [-0.39, 0.29) is 17.7 Å². The van der Waals surface area contributed by atoms with Crippen molar-refractivity contribution < 1.29 is 24.6 Å². The van der Waals surface area contributed by atoms with E-state index in [2.05, 4.69) is 4.90 Å². The highest BCUT2D eigenvalue weighted by Gasteiger charge is 2.25. The van der Waals surface area contributed by atoms with Gasteiger partial charge in [0, 0.05) is 64.5 Å². The van der Waals surface area contributed by atoms with Gasteiger partial charge in [-0.25, -0.2) is 4.79 Å². The summed E-state index contributed by atoms with van der Waals surface area (Å²) in [5.74, 6) is -0.774. The molecule has 2 aromatic carbocycles. The highest BCUT2D eigenvalue weighted by Crippen LogP contribution is 2.25. The van der Waals surface area contributed by atoms with Crippen molar-refractivity contribution in [3.63, 3.8) is 0 Å². The molecule has 178 valence electrons. The third-order valence-corrected chi connectivity index (χ3v) is 5.85. The molecule has 9 heteroatoms. The molecule has 9 nitrogen and oxygen atoms in total. The van der Waals surface area contributed by atoms with Gasteiger partial charge in [-0.05, 0) is 22.8 Å². The molecule has 2 N–H and O–H groups in total. The number of carbonyl (C=O) groups excluding carboxylic acids is 2. The highest BCUT2D eigenvalue weighted by atomic mass is 16.7. The molecular formula is C25H28N4O5. The third-order valence-electron chi connectivity index (χ3n) is 5.85. The van der Waals surface area contributed by atoms with Gasteiger partial charge in [0.05, 0.1) is 0 Å². The minimum atomic E-state index is -0.655. The first-order chi connectivity index (χ1) is 16.3. The van der Waals surface area contributed by atoms with Crippen molar-refractivity contribution in [1.82, 2.24) is 19.4 Å². The SMILES string of the molecule is CN(C)C(=O)c1cc(-c2ccccc2)ccc1CN1CCN(C(=O)On2c(O)ccc2O)CC1. The van der Waals surface area contributed by atoms with Gasteiger partial charge in [-0.3, -0.25) is 9.69 Å². The summed E-state index contributed by atoms with van der Waals surface area (Å²) in [7, 11) is 3.48. The summed E-state index contributed by atoms with van der Waals surface area (Å²) in [6, 6.07) is 18.4. The van der Waals surface area contributed by atoms with Crippen molar-refractivity contribution in [1.29, 1.82) is 0 Å². The summed E-state index contributed by atoms with van der Waals surface area (Å²) < 4.78 is 0.683. The molecule has 1 aliphatic heterocycles. The fourth-order valence-corrected chi connectivity index (χ4v) is 3.93. The molecule has 0 radical (unpaired) electrons. The number of piperazine rings is 1. The van der Waals surface area contributed by atoms with Crippen LogP contribution in [0.1, 0.15) is 15.9 Å². The number of rotatable bonds is 5. The molecule has 4 rings (SSSR count). The zero-order valence-electron chi connectivity index (χ0n) is 19.2. The van der Waals surface area contributed by atoms with Gasteiger partial charge in [0.25, 0.3) is 5.91 Å². The number of aromatic hydroxyl groups is 2. The molecule has 3 aromatic rings. The lowest BCUT2D eigenvalue weighted by Crippen LogP contribution is -2.50. The molecule has 1 aromatic heterocycles. The van der Waals surface area contributed by atoms with Crippen LogP contribution in [0.15, 0.2) is 60.7 Å². The summed E-state index contributed by atoms with van der Waals surface area (Å²) in [5.41, 5.74) is 3.62. The topological polar surface area (TPSA) is 98.5 Å². The van der Waals surface area contributed by atoms with E-state index >= 15 is 0 Å². The molecule has 1 aliphatic rings. The van der Waals surface area contributed by atoms with E-state index in [1.165, 1.54) is 17.0 Å². The van der Waals surface area contributed by atoms with E-state index in [0.717, 1.165) is 16.7 Å². The predicted octanol–water partition coefficient (Wildman–Crippen LogP) is 2.63. The Morgan fingerprint density at radius 2 is 1.53 bits per heavy atom. The van der Waals surface area contributed by atoms with Gasteiger partial charge < -0.3 is 24.9 Å². The van der Waals surface area contributed by atoms with Crippen LogP contribution in [0.5, 0.6) is 11.8 Å². The monoisotopic (exact) mass is 464 g/mol. The number of hydrogen-bond acceptors (Lipinski definition) is 6. The molecule has 1 fully saturated rings. The Morgan fingerprint density at radius 1 is 0.882 bits per heavy atom. The molecule has 34 heavy (non-hydrogen) atoms. The average molecular weight is 465 g/mol. The van der Waals surface area contributed by atoms with Crippen LogP contribution in [0.2, 0.25) is 0 Å². The summed E-state index contributed by atoms with van der Waals surface area (Å²) in [6.45, 7) is 2.59. The number of aromatic nitrogens is 1. The second kappa shape index (κ2) is 9.88. The molecule has 2 heterocycles. The van der Waals surface area contributed by atoms with Gasteiger partial charge in [-0.1, -0.05) is 42.5 Å². The minimum Gasteiger partial charge on any atom is -0.492 e. The van der Waals surface area contributed by atoms with Gasteiger partial charge in [-0.15, -0.1) is 4.73 Å². The highest BCUT2D eigenvalue weighted by molar-refractivity contribution is 5.96. The summed E-state index contributed by atoms with van der Waals surface area (Å²) in [4.78, 5) is 35.7. The maximum atomic E-state index is 12.9. The van der Waals surface area contributed by atoms with Crippen LogP contribution in [0.3, 0.4) is 0 Å². The maximum Gasteiger partial charge on any atom is 0.434 e. The van der Waals surface area contributed by atoms with E-state index in [9.17, 15) is 19.8 Å². The fraction of sp³-hybridized carbons (Fsp3) is 0.280. The zero-order chi connectivity index (χ0) is 24.2. The number of benzene rings is 2. The van der Waals surface area contributed by atoms with Crippen molar-refractivity contribution in [3.8, 4) is 22.9 Å². The summed E-state index contributed by atoms with van der Waals surface area (Å²) in [5, 5.41) is 19.3. The number of amides is 2. The second-order valence-corrected chi connectivity index (χ2v) is 8.40. The average Bonchev–Trinajstić information content (AvgIpc) is 3.16. The van der Waals surface area contributed by atoms with Crippen molar-refractivity contribution in [2.45, 2.75) is 6.54 Å². The Bertz CT molecular complexity index is 1150. The largest absolute Gasteiger partial charge is 0.492 e. The van der Waals surface area contributed by atoms with Gasteiger partial charge in [0.1, 0.15) is 0 Å². The zero-order valence-corrected chi connectivity index (χ0v) is 19.2. The molecule has 0 atom stereocenters. The van der Waals surface area contributed by atoms with Crippen molar-refractivity contribution >= 4 is 12.0 Å². The van der Waals surface area contributed by atoms with E-state index in [1.807, 2.05) is 48.5 Å². The molecule has 2 amide bonds. The lowest BCUT2D eigenvalue weighted by Gasteiger charge is -2.34. The minimum absolute atomic E-state index is 0.0543. The third kappa shape index (κ3) is 4.99. The smallest absolute Gasteiger partial charge is 0.434 e. The first-order valence-corrected chi connectivity index (χ1v) is 11.0.